The van der Waals surface area contributed by atoms with Crippen LogP contribution in [-0.2, 0) is 15.6 Å². The second-order valence-corrected chi connectivity index (χ2v) is 88.7. The monoisotopic (exact) mass is 1090 g/mol. The summed E-state index contributed by atoms with van der Waals surface area (Å²) in [7, 11) is 12.0. The molecule has 0 nitrogen and oxygen atoms in total. The Labute approximate surface area is 418 Å². The van der Waals surface area contributed by atoms with Gasteiger partial charge in [-0.05, 0) is 0 Å². The van der Waals surface area contributed by atoms with Gasteiger partial charge in [0.25, 0.3) is 0 Å². The Kier molecular flexibility index (Phi) is 16.0. The van der Waals surface area contributed by atoms with E-state index in [2.05, 4.69) is 206 Å². The summed E-state index contributed by atoms with van der Waals surface area (Å²) < 4.78 is 0.171. The molecule has 2 unspecified atom stereocenters. The summed E-state index contributed by atoms with van der Waals surface area (Å²) in [6, 6.07) is 25.7. The molecule has 0 fully saturated rings. The van der Waals surface area contributed by atoms with E-state index in [9.17, 15) is 17.0 Å². The third-order valence-corrected chi connectivity index (χ3v) is 75.6. The second-order valence-electron chi connectivity index (χ2n) is 25.9. The van der Waals surface area contributed by atoms with Crippen molar-refractivity contribution in [3.8, 4) is 22.3 Å². The zero-order chi connectivity index (χ0) is 49.3. The molecule has 0 amide bonds. The molecule has 4 aromatic carbocycles. The molecule has 0 saturated heterocycles. The zero-order valence-electron chi connectivity index (χ0n) is 45.3. The quantitative estimate of drug-likeness (QED) is 0.0925. The summed E-state index contributed by atoms with van der Waals surface area (Å²) in [6.07, 6.45) is 12.1. The molecular formula is C58H89Cl2Si5Zr. The molecule has 2 aliphatic carbocycles. The van der Waals surface area contributed by atoms with Crippen LogP contribution in [0.15, 0.2) is 71.8 Å². The minimum absolute atomic E-state index is 0.0856. The molecule has 0 aliphatic heterocycles. The molecule has 0 radical (unpaired) electrons. The Balaban J connectivity index is 1.73. The van der Waals surface area contributed by atoms with Gasteiger partial charge >= 0.3 is 422 Å². The first-order chi connectivity index (χ1) is 30.4. The number of fused-ring (bicyclic) bond motifs is 2. The van der Waals surface area contributed by atoms with E-state index in [4.69, 9.17) is 0 Å². The predicted molar refractivity (Wildman–Crippen MR) is 315 cm³/mol. The van der Waals surface area contributed by atoms with E-state index >= 15 is 0 Å². The summed E-state index contributed by atoms with van der Waals surface area (Å²) in [6.45, 7) is 49.6. The van der Waals surface area contributed by atoms with Gasteiger partial charge in [0.2, 0.25) is 0 Å². The molecule has 0 N–H and O–H groups in total. The summed E-state index contributed by atoms with van der Waals surface area (Å²) in [4.78, 5) is 0. The molecule has 6 rings (SSSR count). The third kappa shape index (κ3) is 10.3. The maximum absolute atomic E-state index is 9.26. The summed E-state index contributed by atoms with van der Waals surface area (Å²) in [5.74, 6) is -0.999. The van der Waals surface area contributed by atoms with Crippen LogP contribution in [0.25, 0.3) is 34.4 Å². The van der Waals surface area contributed by atoms with Crippen LogP contribution in [0, 0.1) is 0 Å². The van der Waals surface area contributed by atoms with E-state index < -0.39 is 53.8 Å². The minimum atomic E-state index is -5.12. The molecular weight excluding hydrogens is 999 g/mol. The topological polar surface area (TPSA) is 0 Å². The molecule has 0 spiro atoms. The normalized spacial score (nSPS) is 17.6. The van der Waals surface area contributed by atoms with E-state index in [1.807, 2.05) is 0 Å². The molecule has 66 heavy (non-hydrogen) atoms. The van der Waals surface area contributed by atoms with Gasteiger partial charge in [0, 0.05) is 0 Å². The van der Waals surface area contributed by atoms with E-state index in [1.54, 1.807) is 20.7 Å². The van der Waals surface area contributed by atoms with Gasteiger partial charge in [0.15, 0.2) is 0 Å². The molecule has 2 atom stereocenters. The number of hydrogen-bond acceptors (Lipinski definition) is 0. The van der Waals surface area contributed by atoms with Gasteiger partial charge in [-0.15, -0.1) is 0 Å². The van der Waals surface area contributed by atoms with E-state index in [1.165, 1.54) is 66.8 Å². The SMILES string of the molecule is CCCCC1=Cc2c(ccc(C(C)C)c2-c2cc([Si](C)(C)C)cc([Si](C)(C)C)c2)[CH]1[Zr]([Cl])([Cl])([CH]1C(CCCC)=Cc2c1ccc(C(C)C)c2-c1cc([Si](C)(C)C)cc([Si](C)(C)C)c1)[SiH](C)C. The molecule has 4 aromatic rings. The summed E-state index contributed by atoms with van der Waals surface area (Å²) in [5, 5.41) is 6.28. The van der Waals surface area contributed by atoms with Crippen molar-refractivity contribution in [2.75, 3.05) is 0 Å². The molecule has 359 valence electrons. The molecule has 0 bridgehead atoms. The van der Waals surface area contributed by atoms with Gasteiger partial charge in [0.1, 0.15) is 0 Å². The number of halogens is 2. The van der Waals surface area contributed by atoms with Crippen LogP contribution in [-0.4, -0.2) is 38.2 Å². The van der Waals surface area contributed by atoms with Crippen molar-refractivity contribution in [1.82, 2.24) is 0 Å². The van der Waals surface area contributed by atoms with Crippen LogP contribution < -0.4 is 20.7 Å². The summed E-state index contributed by atoms with van der Waals surface area (Å²) >= 11 is -5.12. The number of hydrogen-bond donors (Lipinski definition) is 0. The van der Waals surface area contributed by atoms with Crippen molar-refractivity contribution in [2.45, 2.75) is 191 Å². The van der Waals surface area contributed by atoms with E-state index in [-0.39, 0.29) is 7.25 Å². The van der Waals surface area contributed by atoms with Crippen molar-refractivity contribution in [3.63, 3.8) is 0 Å². The maximum atomic E-state index is 9.26. The Morgan fingerprint density at radius 1 is 0.500 bits per heavy atom. The number of rotatable bonds is 17. The van der Waals surface area contributed by atoms with Crippen LogP contribution in [0.4, 0.5) is 0 Å². The Hall–Kier alpha value is -1.09. The van der Waals surface area contributed by atoms with Crippen molar-refractivity contribution in [3.05, 3.63) is 105 Å². The van der Waals surface area contributed by atoms with Crippen molar-refractivity contribution in [2.24, 2.45) is 0 Å². The van der Waals surface area contributed by atoms with E-state index in [0.29, 0.717) is 11.8 Å². The van der Waals surface area contributed by atoms with Crippen molar-refractivity contribution in [1.29, 1.82) is 0 Å². The van der Waals surface area contributed by atoms with Crippen LogP contribution in [0.2, 0.25) is 91.7 Å². The van der Waals surface area contributed by atoms with Crippen LogP contribution in [0.1, 0.15) is 133 Å². The van der Waals surface area contributed by atoms with Crippen LogP contribution in [0.3, 0.4) is 0 Å². The van der Waals surface area contributed by atoms with Gasteiger partial charge < -0.3 is 0 Å². The van der Waals surface area contributed by atoms with Gasteiger partial charge in [0.05, 0.1) is 0 Å². The second kappa shape index (κ2) is 19.5. The molecule has 2 aliphatic rings. The van der Waals surface area contributed by atoms with E-state index in [0.717, 1.165) is 38.5 Å². The number of benzene rings is 4. The molecule has 0 heterocycles. The number of allylic oxidation sites excluding steroid dienone is 2. The summed E-state index contributed by atoms with van der Waals surface area (Å²) in [5.41, 5.74) is 17.4. The van der Waals surface area contributed by atoms with Gasteiger partial charge in [-0.3, -0.25) is 0 Å². The van der Waals surface area contributed by atoms with Gasteiger partial charge in [-0.1, -0.05) is 0 Å². The third-order valence-electron chi connectivity index (χ3n) is 15.6. The van der Waals surface area contributed by atoms with Crippen molar-refractivity contribution < 1.29 is 15.6 Å². The first-order valence-corrected chi connectivity index (χ1v) is 56.3. The van der Waals surface area contributed by atoms with Crippen LogP contribution >= 0.6 is 17.0 Å². The first kappa shape index (κ1) is 54.2. The average Bonchev–Trinajstić information content (AvgIpc) is 3.79. The fraction of sp³-hybridized carbons (Fsp3) is 0.517. The average molecular weight is 1090 g/mol. The zero-order valence-corrected chi connectivity index (χ0v) is 54.4. The predicted octanol–water partition coefficient (Wildman–Crippen LogP) is 17.4. The fourth-order valence-corrected chi connectivity index (χ4v) is 47.8. The Morgan fingerprint density at radius 3 is 1.05 bits per heavy atom. The molecule has 0 aromatic heterocycles. The number of unbranched alkanes of at least 4 members (excludes halogenated alkanes) is 2. The fourth-order valence-electron chi connectivity index (χ4n) is 11.3. The Bertz CT molecular complexity index is 2300. The first-order valence-electron chi connectivity index (χ1n) is 26.0. The molecule has 0 saturated carbocycles. The van der Waals surface area contributed by atoms with Crippen molar-refractivity contribution >= 4 is 88.1 Å². The van der Waals surface area contributed by atoms with Gasteiger partial charge in [-0.25, -0.2) is 0 Å². The van der Waals surface area contributed by atoms with Gasteiger partial charge in [-0.2, -0.15) is 0 Å². The molecule has 8 heteroatoms. The Morgan fingerprint density at radius 2 is 0.803 bits per heavy atom. The van der Waals surface area contributed by atoms with Crippen LogP contribution in [0.5, 0.6) is 0 Å². The standard InChI is InChI=1S/2C28H41Si2.C2H7Si.2ClH.Zr/c2*1-10-11-12-21-15-22-13-14-26(20(2)3)28(27(22)16-21)23-17-24(29(4,5)6)19-25(18-23)30(7,8)9;1-3-2;;;/h2*13-20H,10-12H2,1-9H3;3H,1-2H3;2*1H;/q;;;;;+2/p-2.